The molecule has 1 saturated heterocycles. The van der Waals surface area contributed by atoms with Crippen molar-refractivity contribution in [2.45, 2.75) is 37.1 Å². The largest absolute Gasteiger partial charge is 0.435 e. The average molecular weight is 459 g/mol. The number of carbonyl (C=O) groups excluding carboxylic acids is 1. The van der Waals surface area contributed by atoms with Crippen LogP contribution in [0, 0.1) is 12.8 Å². The lowest BCUT2D eigenvalue weighted by molar-refractivity contribution is -0.135. The second kappa shape index (κ2) is 9.40. The molecule has 1 amide bonds. The van der Waals surface area contributed by atoms with E-state index in [1.165, 1.54) is 27.8 Å². The number of aryl methyl sites for hydroxylation is 1. The van der Waals surface area contributed by atoms with Crippen molar-refractivity contribution in [2.75, 3.05) is 20.1 Å². The van der Waals surface area contributed by atoms with Crippen LogP contribution in [-0.2, 0) is 21.4 Å². The SMILES string of the molecule is Cc1ccc(S(=O)(=O)N2CCCC(C(=O)N(C)Cc3ccc(OC(F)F)cc3)C2)s1. The maximum absolute atomic E-state index is 12.9. The van der Waals surface area contributed by atoms with Crippen molar-refractivity contribution in [2.24, 2.45) is 5.92 Å². The molecule has 0 bridgehead atoms. The molecular formula is C20H24F2N2O4S2. The summed E-state index contributed by atoms with van der Waals surface area (Å²) in [7, 11) is -1.95. The number of sulfonamides is 1. The molecule has 1 unspecified atom stereocenters. The highest BCUT2D eigenvalue weighted by atomic mass is 32.2. The van der Waals surface area contributed by atoms with Gasteiger partial charge in [0.05, 0.1) is 5.92 Å². The Balaban J connectivity index is 1.63. The van der Waals surface area contributed by atoms with E-state index < -0.39 is 22.6 Å². The number of carbonyl (C=O) groups is 1. The first kappa shape index (κ1) is 22.6. The zero-order valence-corrected chi connectivity index (χ0v) is 18.4. The van der Waals surface area contributed by atoms with Gasteiger partial charge in [-0.2, -0.15) is 13.1 Å². The number of ether oxygens (including phenoxy) is 1. The van der Waals surface area contributed by atoms with Crippen LogP contribution in [0.5, 0.6) is 5.75 Å². The van der Waals surface area contributed by atoms with Gasteiger partial charge in [-0.05, 0) is 49.6 Å². The van der Waals surface area contributed by atoms with Gasteiger partial charge in [0.25, 0.3) is 10.0 Å². The third kappa shape index (κ3) is 5.35. The molecule has 1 fully saturated rings. The predicted octanol–water partition coefficient (Wildman–Crippen LogP) is 3.72. The third-order valence-corrected chi connectivity index (χ3v) is 8.32. The van der Waals surface area contributed by atoms with E-state index in [2.05, 4.69) is 4.74 Å². The summed E-state index contributed by atoms with van der Waals surface area (Å²) >= 11 is 1.23. The first-order valence-corrected chi connectivity index (χ1v) is 11.8. The van der Waals surface area contributed by atoms with Crippen LogP contribution >= 0.6 is 11.3 Å². The Morgan fingerprint density at radius 2 is 1.97 bits per heavy atom. The zero-order valence-electron chi connectivity index (χ0n) is 16.8. The van der Waals surface area contributed by atoms with Gasteiger partial charge in [-0.3, -0.25) is 4.79 Å². The van der Waals surface area contributed by atoms with Crippen LogP contribution in [0.25, 0.3) is 0 Å². The monoisotopic (exact) mass is 458 g/mol. The highest BCUT2D eigenvalue weighted by molar-refractivity contribution is 7.91. The van der Waals surface area contributed by atoms with Crippen molar-refractivity contribution in [3.05, 3.63) is 46.8 Å². The van der Waals surface area contributed by atoms with Gasteiger partial charge in [-0.1, -0.05) is 12.1 Å². The molecule has 10 heteroatoms. The molecule has 0 spiro atoms. The van der Waals surface area contributed by atoms with E-state index in [0.29, 0.717) is 30.1 Å². The minimum absolute atomic E-state index is 0.0553. The Hall–Kier alpha value is -2.04. The summed E-state index contributed by atoms with van der Waals surface area (Å²) in [6.07, 6.45) is 1.24. The molecule has 1 atom stereocenters. The van der Waals surface area contributed by atoms with Crippen molar-refractivity contribution in [1.29, 1.82) is 0 Å². The van der Waals surface area contributed by atoms with Gasteiger partial charge in [0.15, 0.2) is 0 Å². The van der Waals surface area contributed by atoms with E-state index in [4.69, 9.17) is 0 Å². The van der Waals surface area contributed by atoms with Crippen LogP contribution in [0.4, 0.5) is 8.78 Å². The van der Waals surface area contributed by atoms with Crippen molar-refractivity contribution in [3.63, 3.8) is 0 Å². The van der Waals surface area contributed by atoms with E-state index in [9.17, 15) is 22.0 Å². The highest BCUT2D eigenvalue weighted by Crippen LogP contribution is 2.29. The van der Waals surface area contributed by atoms with Gasteiger partial charge in [0.2, 0.25) is 5.91 Å². The van der Waals surface area contributed by atoms with Gasteiger partial charge in [0, 0.05) is 31.6 Å². The van der Waals surface area contributed by atoms with Crippen LogP contribution in [0.1, 0.15) is 23.3 Å². The Morgan fingerprint density at radius 1 is 1.27 bits per heavy atom. The van der Waals surface area contributed by atoms with Gasteiger partial charge < -0.3 is 9.64 Å². The summed E-state index contributed by atoms with van der Waals surface area (Å²) in [5.41, 5.74) is 0.766. The van der Waals surface area contributed by atoms with Crippen molar-refractivity contribution in [3.8, 4) is 5.75 Å². The lowest BCUT2D eigenvalue weighted by Crippen LogP contribution is -2.45. The fraction of sp³-hybridized carbons (Fsp3) is 0.450. The Labute approximate surface area is 179 Å². The number of thiophene rings is 1. The summed E-state index contributed by atoms with van der Waals surface area (Å²) in [6.45, 7) is -0.181. The Kier molecular flexibility index (Phi) is 7.10. The van der Waals surface area contributed by atoms with Crippen molar-refractivity contribution >= 4 is 27.3 Å². The number of piperidine rings is 1. The van der Waals surface area contributed by atoms with E-state index >= 15 is 0 Å². The number of amides is 1. The number of hydrogen-bond acceptors (Lipinski definition) is 5. The molecule has 164 valence electrons. The topological polar surface area (TPSA) is 66.9 Å². The van der Waals surface area contributed by atoms with Crippen LogP contribution in [0.2, 0.25) is 0 Å². The lowest BCUT2D eigenvalue weighted by atomic mass is 9.98. The molecule has 1 aliphatic rings. The van der Waals surface area contributed by atoms with E-state index in [-0.39, 0.29) is 18.2 Å². The van der Waals surface area contributed by atoms with Crippen LogP contribution in [0.15, 0.2) is 40.6 Å². The standard InChI is InChI=1S/C20H24F2N2O4S2/c1-14-5-10-18(29-14)30(26,27)24-11-3-4-16(13-24)19(25)23(2)12-15-6-8-17(9-7-15)28-20(21)22/h5-10,16,20H,3-4,11-13H2,1-2H3. The van der Waals surface area contributed by atoms with Gasteiger partial charge in [-0.25, -0.2) is 8.42 Å². The van der Waals surface area contributed by atoms with E-state index in [1.807, 2.05) is 6.92 Å². The normalized spacial score (nSPS) is 17.8. The van der Waals surface area contributed by atoms with Crippen molar-refractivity contribution < 1.29 is 26.7 Å². The van der Waals surface area contributed by atoms with Gasteiger partial charge in [0.1, 0.15) is 9.96 Å². The lowest BCUT2D eigenvalue weighted by Gasteiger charge is -2.33. The van der Waals surface area contributed by atoms with Crippen LogP contribution < -0.4 is 4.74 Å². The number of rotatable bonds is 7. The second-order valence-corrected chi connectivity index (χ2v) is 10.7. The summed E-state index contributed by atoms with van der Waals surface area (Å²) < 4.78 is 56.3. The molecule has 3 rings (SSSR count). The highest BCUT2D eigenvalue weighted by Gasteiger charge is 2.35. The molecule has 30 heavy (non-hydrogen) atoms. The number of hydrogen-bond donors (Lipinski definition) is 0. The van der Waals surface area contributed by atoms with Gasteiger partial charge >= 0.3 is 6.61 Å². The fourth-order valence-corrected chi connectivity index (χ4v) is 6.44. The zero-order chi connectivity index (χ0) is 21.9. The molecule has 2 aromatic rings. The first-order valence-electron chi connectivity index (χ1n) is 9.52. The van der Waals surface area contributed by atoms with Crippen LogP contribution in [0.3, 0.4) is 0 Å². The van der Waals surface area contributed by atoms with Crippen molar-refractivity contribution in [1.82, 2.24) is 9.21 Å². The smallest absolute Gasteiger partial charge is 0.387 e. The summed E-state index contributed by atoms with van der Waals surface area (Å²) in [4.78, 5) is 15.4. The van der Waals surface area contributed by atoms with E-state index in [0.717, 1.165) is 10.4 Å². The molecule has 1 aliphatic heterocycles. The molecule has 0 saturated carbocycles. The number of halogens is 2. The number of nitrogens with zero attached hydrogens (tertiary/aromatic N) is 2. The first-order chi connectivity index (χ1) is 14.2. The quantitative estimate of drug-likeness (QED) is 0.634. The molecular weight excluding hydrogens is 434 g/mol. The molecule has 0 aliphatic carbocycles. The Morgan fingerprint density at radius 3 is 2.57 bits per heavy atom. The molecule has 2 heterocycles. The molecule has 1 aromatic heterocycles. The van der Waals surface area contributed by atoms with Crippen LogP contribution in [-0.4, -0.2) is 50.3 Å². The molecule has 1 aromatic carbocycles. The molecule has 0 N–H and O–H groups in total. The van der Waals surface area contributed by atoms with Gasteiger partial charge in [-0.15, -0.1) is 11.3 Å². The third-order valence-electron chi connectivity index (χ3n) is 4.99. The maximum Gasteiger partial charge on any atom is 0.387 e. The summed E-state index contributed by atoms with van der Waals surface area (Å²) in [6, 6.07) is 9.48. The minimum Gasteiger partial charge on any atom is -0.435 e. The summed E-state index contributed by atoms with van der Waals surface area (Å²) in [5.74, 6) is -0.495. The molecule has 0 radical (unpaired) electrons. The summed E-state index contributed by atoms with van der Waals surface area (Å²) in [5, 5.41) is 0. The molecule has 6 nitrogen and oxygen atoms in total. The maximum atomic E-state index is 12.9. The average Bonchev–Trinajstić information content (AvgIpc) is 3.16. The predicted molar refractivity (Wildman–Crippen MR) is 110 cm³/mol. The Bertz CT molecular complexity index is 977. The van der Waals surface area contributed by atoms with E-state index in [1.54, 1.807) is 36.2 Å². The fourth-order valence-electron chi connectivity index (χ4n) is 3.48. The number of benzene rings is 1. The minimum atomic E-state index is -3.60. The second-order valence-electron chi connectivity index (χ2n) is 7.28. The number of alkyl halides is 2.